The van der Waals surface area contributed by atoms with Crippen molar-refractivity contribution in [2.75, 3.05) is 18.7 Å². The number of rotatable bonds is 7. The van der Waals surface area contributed by atoms with Crippen LogP contribution in [0.4, 0.5) is 5.82 Å². The Balaban J connectivity index is 1.59. The van der Waals surface area contributed by atoms with Crippen LogP contribution in [0, 0.1) is 0 Å². The molecule has 0 spiro atoms. The summed E-state index contributed by atoms with van der Waals surface area (Å²) in [6.45, 7) is 3.95. The van der Waals surface area contributed by atoms with Crippen LogP contribution in [0.1, 0.15) is 6.92 Å². The Bertz CT molecular complexity index is 899. The molecule has 8 nitrogen and oxygen atoms in total. The van der Waals surface area contributed by atoms with Crippen molar-refractivity contribution in [3.8, 4) is 5.75 Å². The molecule has 0 saturated carbocycles. The molecule has 9 heteroatoms. The Hall–Kier alpha value is -2.44. The summed E-state index contributed by atoms with van der Waals surface area (Å²) in [6, 6.07) is 9.06. The highest BCUT2D eigenvalue weighted by Gasteiger charge is 2.20. The highest BCUT2D eigenvalue weighted by Crippen LogP contribution is 2.43. The Labute approximate surface area is 145 Å². The summed E-state index contributed by atoms with van der Waals surface area (Å²) in [5.74, 6) is 0.906. The van der Waals surface area contributed by atoms with Gasteiger partial charge in [0.2, 0.25) is 0 Å². The Morgan fingerprint density at radius 1 is 1.24 bits per heavy atom. The van der Waals surface area contributed by atoms with Crippen LogP contribution in [0.2, 0.25) is 0 Å². The number of nitrogens with zero attached hydrogens (tertiary/aromatic N) is 4. The number of hydrogen-bond donors (Lipinski definition) is 1. The second-order valence-corrected chi connectivity index (χ2v) is 8.32. The highest BCUT2D eigenvalue weighted by atomic mass is 31.2. The van der Waals surface area contributed by atoms with E-state index < -0.39 is 7.37 Å². The van der Waals surface area contributed by atoms with Gasteiger partial charge in [-0.3, -0.25) is 4.57 Å². The number of nitrogen functional groups attached to an aromatic ring is 1. The minimum absolute atomic E-state index is 0.0206. The first kappa shape index (κ1) is 17.4. The molecule has 0 fully saturated rings. The number of para-hydroxylation sites is 1. The number of fused-ring (bicyclic) bond motifs is 1. The zero-order valence-electron chi connectivity index (χ0n) is 14.1. The lowest BCUT2D eigenvalue weighted by Gasteiger charge is -2.19. The van der Waals surface area contributed by atoms with Gasteiger partial charge in [-0.15, -0.1) is 0 Å². The van der Waals surface area contributed by atoms with E-state index in [-0.39, 0.29) is 12.5 Å². The summed E-state index contributed by atoms with van der Waals surface area (Å²) in [4.78, 5) is 12.3. The van der Waals surface area contributed by atoms with Crippen molar-refractivity contribution in [3.63, 3.8) is 0 Å². The molecule has 3 aromatic rings. The third-order valence-corrected chi connectivity index (χ3v) is 4.73. The van der Waals surface area contributed by atoms with E-state index in [0.29, 0.717) is 29.3 Å². The van der Waals surface area contributed by atoms with Crippen LogP contribution >= 0.6 is 7.37 Å². The number of imidazole rings is 1. The van der Waals surface area contributed by atoms with Gasteiger partial charge in [0, 0.05) is 6.66 Å². The Morgan fingerprint density at radius 2 is 2.00 bits per heavy atom. The average molecular weight is 361 g/mol. The van der Waals surface area contributed by atoms with Crippen molar-refractivity contribution in [2.45, 2.75) is 19.6 Å². The zero-order valence-corrected chi connectivity index (χ0v) is 15.0. The summed E-state index contributed by atoms with van der Waals surface area (Å²) in [6.07, 6.45) is 2.85. The molecular formula is C16H20N5O3P. The fraction of sp³-hybridized carbons (Fsp3) is 0.312. The number of anilines is 1. The molecule has 2 N–H and O–H groups in total. The molecule has 132 valence electrons. The van der Waals surface area contributed by atoms with E-state index in [0.717, 1.165) is 0 Å². The first-order chi connectivity index (χ1) is 11.9. The molecule has 0 aliphatic carbocycles. The van der Waals surface area contributed by atoms with Gasteiger partial charge >= 0.3 is 0 Å². The highest BCUT2D eigenvalue weighted by molar-refractivity contribution is 7.58. The largest absolute Gasteiger partial charge is 0.441 e. The number of aromatic nitrogens is 4. The van der Waals surface area contributed by atoms with Crippen LogP contribution in [0.5, 0.6) is 5.75 Å². The topological polar surface area (TPSA) is 105 Å². The molecule has 25 heavy (non-hydrogen) atoms. The predicted molar refractivity (Wildman–Crippen MR) is 95.7 cm³/mol. The van der Waals surface area contributed by atoms with Crippen molar-refractivity contribution < 1.29 is 13.8 Å². The molecule has 0 bridgehead atoms. The normalized spacial score (nSPS) is 15.0. The Morgan fingerprint density at radius 3 is 2.76 bits per heavy atom. The van der Waals surface area contributed by atoms with Gasteiger partial charge in [0.1, 0.15) is 23.9 Å². The summed E-state index contributed by atoms with van der Waals surface area (Å²) >= 11 is 0. The fourth-order valence-electron chi connectivity index (χ4n) is 2.36. The first-order valence-electron chi connectivity index (χ1n) is 7.79. The number of benzene rings is 1. The van der Waals surface area contributed by atoms with Gasteiger partial charge < -0.3 is 19.6 Å². The lowest BCUT2D eigenvalue weighted by atomic mass is 10.3. The molecule has 3 rings (SSSR count). The molecular weight excluding hydrogens is 341 g/mol. The molecule has 0 aliphatic rings. The minimum Gasteiger partial charge on any atom is -0.441 e. The number of ether oxygens (including phenoxy) is 1. The van der Waals surface area contributed by atoms with Gasteiger partial charge in [0.15, 0.2) is 11.5 Å². The molecule has 1 aromatic carbocycles. The minimum atomic E-state index is -2.91. The quantitative estimate of drug-likeness (QED) is 0.645. The van der Waals surface area contributed by atoms with Crippen LogP contribution in [0.3, 0.4) is 0 Å². The van der Waals surface area contributed by atoms with Gasteiger partial charge in [0.25, 0.3) is 7.37 Å². The average Bonchev–Trinajstić information content (AvgIpc) is 2.98. The van der Waals surface area contributed by atoms with Crippen LogP contribution < -0.4 is 10.3 Å². The number of nitrogens with two attached hydrogens (primary N) is 1. The second kappa shape index (κ2) is 7.21. The lowest BCUT2D eigenvalue weighted by Crippen LogP contribution is -2.18. The van der Waals surface area contributed by atoms with Crippen molar-refractivity contribution in [1.82, 2.24) is 19.5 Å². The van der Waals surface area contributed by atoms with Gasteiger partial charge in [-0.1, -0.05) is 18.2 Å². The molecule has 2 heterocycles. The summed E-state index contributed by atoms with van der Waals surface area (Å²) in [5.41, 5.74) is 6.98. The molecule has 1 unspecified atom stereocenters. The lowest BCUT2D eigenvalue weighted by molar-refractivity contribution is 0.0835. The molecule has 0 amide bonds. The number of hydrogen-bond acceptors (Lipinski definition) is 7. The molecule has 2 aromatic heterocycles. The van der Waals surface area contributed by atoms with Crippen molar-refractivity contribution in [2.24, 2.45) is 0 Å². The van der Waals surface area contributed by atoms with E-state index in [2.05, 4.69) is 15.0 Å². The van der Waals surface area contributed by atoms with Gasteiger partial charge in [-0.05, 0) is 19.1 Å². The summed E-state index contributed by atoms with van der Waals surface area (Å²) < 4.78 is 25.6. The monoisotopic (exact) mass is 361 g/mol. The second-order valence-electron chi connectivity index (χ2n) is 5.85. The van der Waals surface area contributed by atoms with Crippen LogP contribution in [-0.2, 0) is 15.8 Å². The maximum Gasteiger partial charge on any atom is 0.269 e. The molecule has 0 aliphatic heterocycles. The van der Waals surface area contributed by atoms with E-state index in [1.165, 1.54) is 6.33 Å². The van der Waals surface area contributed by atoms with Crippen molar-refractivity contribution in [3.05, 3.63) is 43.0 Å². The van der Waals surface area contributed by atoms with E-state index in [1.807, 2.05) is 29.7 Å². The third kappa shape index (κ3) is 4.35. The van der Waals surface area contributed by atoms with E-state index in [1.54, 1.807) is 25.1 Å². The maximum absolute atomic E-state index is 12.5. The smallest absolute Gasteiger partial charge is 0.269 e. The third-order valence-electron chi connectivity index (χ3n) is 3.52. The standard InChI is InChI=1S/C16H20N5O3P/c1-12(8-21-10-20-14-15(17)18-9-19-16(14)21)23-11-25(2,22)24-13-6-4-3-5-7-13/h3-7,9-10,12H,8,11H2,1-2H3,(H2,17,18,19)/t12-,25?/m1/s1. The molecule has 2 atom stereocenters. The van der Waals surface area contributed by atoms with E-state index in [9.17, 15) is 4.57 Å². The Kier molecular flexibility index (Phi) is 5.01. The van der Waals surface area contributed by atoms with Gasteiger partial charge in [-0.25, -0.2) is 15.0 Å². The molecule has 0 radical (unpaired) electrons. The molecule has 0 saturated heterocycles. The summed E-state index contributed by atoms with van der Waals surface area (Å²) in [5, 5.41) is 0. The van der Waals surface area contributed by atoms with Gasteiger partial charge in [-0.2, -0.15) is 0 Å². The van der Waals surface area contributed by atoms with Crippen molar-refractivity contribution in [1.29, 1.82) is 0 Å². The fourth-order valence-corrected chi connectivity index (χ4v) is 3.50. The predicted octanol–water partition coefficient (Wildman–Crippen LogP) is 2.76. The zero-order chi connectivity index (χ0) is 17.9. The maximum atomic E-state index is 12.5. The summed E-state index contributed by atoms with van der Waals surface area (Å²) in [7, 11) is -2.91. The van der Waals surface area contributed by atoms with E-state index in [4.69, 9.17) is 15.0 Å². The SMILES string of the molecule is C[C@H](Cn1cnc2c(N)ncnc21)OCP(C)(=O)Oc1ccccc1. The first-order valence-corrected chi connectivity index (χ1v) is 10.0. The van der Waals surface area contributed by atoms with Gasteiger partial charge in [0.05, 0.1) is 19.0 Å². The van der Waals surface area contributed by atoms with Crippen LogP contribution in [0.25, 0.3) is 11.2 Å². The van der Waals surface area contributed by atoms with Crippen LogP contribution in [0.15, 0.2) is 43.0 Å². The van der Waals surface area contributed by atoms with Crippen LogP contribution in [-0.4, -0.2) is 38.6 Å². The van der Waals surface area contributed by atoms with E-state index >= 15 is 0 Å². The van der Waals surface area contributed by atoms with Crippen molar-refractivity contribution >= 4 is 24.4 Å².